The van der Waals surface area contributed by atoms with E-state index >= 15 is 0 Å². The Kier molecular flexibility index (Phi) is 5.15. The van der Waals surface area contributed by atoms with Crippen molar-refractivity contribution in [1.82, 2.24) is 4.72 Å². The average molecular weight is 392 g/mol. The third kappa shape index (κ3) is 4.47. The lowest BCUT2D eigenvalue weighted by molar-refractivity contribution is -0.326. The average Bonchev–Trinajstić information content (AvgIpc) is 2.56. The maximum absolute atomic E-state index is 12.6. The van der Waals surface area contributed by atoms with Crippen LogP contribution in [-0.4, -0.2) is 31.6 Å². The zero-order valence-corrected chi connectivity index (χ0v) is 12.8. The SMILES string of the molecule is C[C@@](O)(NS(=O)(=O)c1ccc(Cl)s1)C(C(F)(F)F)C(F)(F)F. The van der Waals surface area contributed by atoms with Gasteiger partial charge in [-0.3, -0.25) is 0 Å². The summed E-state index contributed by atoms with van der Waals surface area (Å²) in [4.78, 5) is 0. The molecular formula is C9H8ClF6NO3S2. The predicted octanol–water partition coefficient (Wildman–Crippen LogP) is 3.13. The summed E-state index contributed by atoms with van der Waals surface area (Å²) < 4.78 is 99.2. The van der Waals surface area contributed by atoms with E-state index in [0.29, 0.717) is 11.3 Å². The summed E-state index contributed by atoms with van der Waals surface area (Å²) >= 11 is 5.85. The van der Waals surface area contributed by atoms with Gasteiger partial charge in [0.1, 0.15) is 9.93 Å². The molecule has 1 rings (SSSR count). The number of aliphatic hydroxyl groups is 1. The van der Waals surface area contributed by atoms with Crippen LogP contribution in [0.25, 0.3) is 0 Å². The highest BCUT2D eigenvalue weighted by atomic mass is 35.5. The van der Waals surface area contributed by atoms with Crippen LogP contribution in [0.15, 0.2) is 16.3 Å². The Bertz CT molecular complexity index is 623. The van der Waals surface area contributed by atoms with Gasteiger partial charge in [0.05, 0.1) is 4.34 Å². The van der Waals surface area contributed by atoms with Crippen LogP contribution < -0.4 is 4.72 Å². The van der Waals surface area contributed by atoms with Crippen molar-refractivity contribution in [2.45, 2.75) is 29.2 Å². The van der Waals surface area contributed by atoms with Gasteiger partial charge < -0.3 is 5.11 Å². The van der Waals surface area contributed by atoms with Crippen molar-refractivity contribution >= 4 is 33.0 Å². The molecule has 0 aromatic carbocycles. The van der Waals surface area contributed by atoms with Gasteiger partial charge in [-0.2, -0.15) is 31.1 Å². The van der Waals surface area contributed by atoms with Gasteiger partial charge in [-0.15, -0.1) is 11.3 Å². The number of hydrogen-bond donors (Lipinski definition) is 2. The Morgan fingerprint density at radius 1 is 1.18 bits per heavy atom. The highest BCUT2D eigenvalue weighted by Gasteiger charge is 2.65. The second kappa shape index (κ2) is 5.82. The molecule has 0 aliphatic rings. The van der Waals surface area contributed by atoms with Gasteiger partial charge in [0.2, 0.25) is 0 Å². The van der Waals surface area contributed by atoms with Crippen LogP contribution in [0.5, 0.6) is 0 Å². The van der Waals surface area contributed by atoms with Crippen molar-refractivity contribution < 1.29 is 39.9 Å². The number of alkyl halides is 6. The van der Waals surface area contributed by atoms with E-state index < -0.39 is 38.2 Å². The van der Waals surface area contributed by atoms with Crippen LogP contribution in [0, 0.1) is 5.92 Å². The number of hydrogen-bond acceptors (Lipinski definition) is 4. The van der Waals surface area contributed by atoms with Crippen molar-refractivity contribution in [3.05, 3.63) is 16.5 Å². The molecule has 0 radical (unpaired) electrons. The maximum Gasteiger partial charge on any atom is 0.404 e. The molecule has 22 heavy (non-hydrogen) atoms. The molecule has 1 aromatic rings. The summed E-state index contributed by atoms with van der Waals surface area (Å²) in [5.74, 6) is -4.31. The first kappa shape index (κ1) is 19.5. The van der Waals surface area contributed by atoms with E-state index in [9.17, 15) is 39.9 Å². The van der Waals surface area contributed by atoms with Gasteiger partial charge in [-0.1, -0.05) is 11.6 Å². The minimum absolute atomic E-state index is 0.0526. The predicted molar refractivity (Wildman–Crippen MR) is 65.9 cm³/mol. The highest BCUT2D eigenvalue weighted by molar-refractivity contribution is 7.91. The smallest absolute Gasteiger partial charge is 0.374 e. The van der Waals surface area contributed by atoms with Crippen LogP contribution >= 0.6 is 22.9 Å². The topological polar surface area (TPSA) is 66.4 Å². The fourth-order valence-electron chi connectivity index (χ4n) is 1.65. The fraction of sp³-hybridized carbons (Fsp3) is 0.556. The first-order chi connectivity index (χ1) is 9.57. The largest absolute Gasteiger partial charge is 0.404 e. The van der Waals surface area contributed by atoms with Gasteiger partial charge in [0.25, 0.3) is 10.0 Å². The molecule has 1 heterocycles. The minimum atomic E-state index is -5.92. The molecule has 0 fully saturated rings. The van der Waals surface area contributed by atoms with Crippen LogP contribution in [0.3, 0.4) is 0 Å². The molecule has 13 heteroatoms. The molecule has 0 aliphatic carbocycles. The quantitative estimate of drug-likeness (QED) is 0.612. The van der Waals surface area contributed by atoms with Crippen LogP contribution in [-0.2, 0) is 10.0 Å². The Hall–Kier alpha value is -0.560. The highest BCUT2D eigenvalue weighted by Crippen LogP contribution is 2.45. The van der Waals surface area contributed by atoms with E-state index in [-0.39, 0.29) is 11.3 Å². The van der Waals surface area contributed by atoms with E-state index in [2.05, 4.69) is 0 Å². The van der Waals surface area contributed by atoms with Gasteiger partial charge >= 0.3 is 12.4 Å². The van der Waals surface area contributed by atoms with E-state index in [1.54, 1.807) is 0 Å². The Morgan fingerprint density at radius 2 is 1.64 bits per heavy atom. The first-order valence-corrected chi connectivity index (χ1v) is 7.90. The summed E-state index contributed by atoms with van der Waals surface area (Å²) in [5.41, 5.74) is -3.84. The lowest BCUT2D eigenvalue weighted by atomic mass is 9.97. The number of halogens is 7. The molecule has 2 N–H and O–H groups in total. The Labute approximate surface area is 129 Å². The van der Waals surface area contributed by atoms with Crippen molar-refractivity contribution in [2.75, 3.05) is 0 Å². The van der Waals surface area contributed by atoms with E-state index in [1.165, 1.54) is 0 Å². The zero-order valence-electron chi connectivity index (χ0n) is 10.5. The molecule has 0 saturated heterocycles. The molecule has 0 bridgehead atoms. The van der Waals surface area contributed by atoms with E-state index in [1.807, 2.05) is 0 Å². The standard InChI is InChI=1S/C9H8ClF6NO3S2/c1-7(18,6(8(11,12)13)9(14,15)16)17-22(19,20)5-3-2-4(10)21-5/h2-3,6,17-18H,1H3/t7-/m0/s1. The van der Waals surface area contributed by atoms with Crippen molar-refractivity contribution in [1.29, 1.82) is 0 Å². The molecule has 128 valence electrons. The first-order valence-electron chi connectivity index (χ1n) is 5.22. The minimum Gasteiger partial charge on any atom is -0.374 e. The van der Waals surface area contributed by atoms with Crippen LogP contribution in [0.2, 0.25) is 4.34 Å². The molecule has 0 aliphatic heterocycles. The van der Waals surface area contributed by atoms with Gasteiger partial charge in [0, 0.05) is 0 Å². The molecule has 0 amide bonds. The number of rotatable bonds is 4. The van der Waals surface area contributed by atoms with Gasteiger partial charge in [-0.25, -0.2) is 8.42 Å². The number of sulfonamides is 1. The fourth-order valence-corrected chi connectivity index (χ4v) is 4.40. The van der Waals surface area contributed by atoms with Crippen LogP contribution in [0.4, 0.5) is 26.3 Å². The van der Waals surface area contributed by atoms with E-state index in [4.69, 9.17) is 11.6 Å². The number of nitrogens with one attached hydrogen (secondary N) is 1. The molecule has 1 aromatic heterocycles. The summed E-state index contributed by atoms with van der Waals surface area (Å²) in [6.45, 7) is 0.0748. The third-order valence-electron chi connectivity index (χ3n) is 2.37. The molecule has 0 saturated carbocycles. The maximum atomic E-state index is 12.6. The van der Waals surface area contributed by atoms with Crippen molar-refractivity contribution in [2.24, 2.45) is 5.92 Å². The second-order valence-electron chi connectivity index (χ2n) is 4.33. The molecule has 0 spiro atoms. The Morgan fingerprint density at radius 3 is 1.95 bits per heavy atom. The lowest BCUT2D eigenvalue weighted by Gasteiger charge is -2.35. The lowest BCUT2D eigenvalue weighted by Crippen LogP contribution is -2.60. The van der Waals surface area contributed by atoms with Crippen molar-refractivity contribution in [3.8, 4) is 0 Å². The zero-order chi connectivity index (χ0) is 17.6. The monoisotopic (exact) mass is 391 g/mol. The second-order valence-corrected chi connectivity index (χ2v) is 7.95. The van der Waals surface area contributed by atoms with E-state index in [0.717, 1.165) is 16.9 Å². The molecular weight excluding hydrogens is 384 g/mol. The number of thiophene rings is 1. The van der Waals surface area contributed by atoms with Crippen LogP contribution in [0.1, 0.15) is 6.92 Å². The third-order valence-corrected chi connectivity index (χ3v) is 5.65. The molecule has 0 unspecified atom stereocenters. The van der Waals surface area contributed by atoms with Gasteiger partial charge in [-0.05, 0) is 19.1 Å². The summed E-state index contributed by atoms with van der Waals surface area (Å²) in [6, 6.07) is 1.96. The Balaban J connectivity index is 3.22. The van der Waals surface area contributed by atoms with Gasteiger partial charge in [0.15, 0.2) is 5.92 Å². The molecule has 4 nitrogen and oxygen atoms in total. The summed E-state index contributed by atoms with van der Waals surface area (Å²) in [7, 11) is -4.83. The summed E-state index contributed by atoms with van der Waals surface area (Å²) in [5, 5.41) is 9.49. The normalized spacial score (nSPS) is 16.8. The summed E-state index contributed by atoms with van der Waals surface area (Å²) in [6.07, 6.45) is -11.8. The molecule has 1 atom stereocenters. The van der Waals surface area contributed by atoms with Crippen molar-refractivity contribution in [3.63, 3.8) is 0 Å².